The standard InChI is InChI=1S/C21H31F2N3O4.ClH/c1-25(11-13-28-3)12-14-30-17-8-7-16(18(22)19(17)23)15-24-26(2)21(20(27)29-4)9-5-6-10-21;/h7-8,15H,5-6,9-14H2,1-4H3;1H/b24-15-;. The van der Waals surface area contributed by atoms with Crippen molar-refractivity contribution in [1.29, 1.82) is 0 Å². The van der Waals surface area contributed by atoms with Gasteiger partial charge in [0.05, 0.1) is 19.9 Å². The Morgan fingerprint density at radius 1 is 1.13 bits per heavy atom. The van der Waals surface area contributed by atoms with Gasteiger partial charge in [-0.05, 0) is 32.0 Å². The zero-order valence-corrected chi connectivity index (χ0v) is 19.3. The van der Waals surface area contributed by atoms with Crippen molar-refractivity contribution in [2.75, 3.05) is 54.6 Å². The van der Waals surface area contributed by atoms with Crippen molar-refractivity contribution in [2.45, 2.75) is 31.2 Å². The molecule has 31 heavy (non-hydrogen) atoms. The number of esters is 1. The molecule has 1 aliphatic carbocycles. The molecule has 1 saturated carbocycles. The van der Waals surface area contributed by atoms with E-state index in [1.165, 1.54) is 30.5 Å². The number of likely N-dealkylation sites (N-methyl/N-ethyl adjacent to an activating group) is 2. The quantitative estimate of drug-likeness (QED) is 0.285. The van der Waals surface area contributed by atoms with E-state index < -0.39 is 17.2 Å². The Kier molecular flexibility index (Phi) is 11.2. The molecule has 0 bridgehead atoms. The molecule has 0 aliphatic heterocycles. The molecule has 0 heterocycles. The second kappa shape index (κ2) is 12.8. The summed E-state index contributed by atoms with van der Waals surface area (Å²) in [5.74, 6) is -2.63. The molecule has 0 saturated heterocycles. The second-order valence-corrected chi connectivity index (χ2v) is 7.42. The van der Waals surface area contributed by atoms with Gasteiger partial charge in [-0.2, -0.15) is 9.49 Å². The van der Waals surface area contributed by atoms with Gasteiger partial charge in [0.1, 0.15) is 6.61 Å². The summed E-state index contributed by atoms with van der Waals surface area (Å²) in [5.41, 5.74) is -0.889. The van der Waals surface area contributed by atoms with Crippen LogP contribution in [0.3, 0.4) is 0 Å². The van der Waals surface area contributed by atoms with Crippen LogP contribution in [-0.2, 0) is 14.3 Å². The lowest BCUT2D eigenvalue weighted by Gasteiger charge is -2.33. The maximum atomic E-state index is 14.5. The smallest absolute Gasteiger partial charge is 0.333 e. The maximum absolute atomic E-state index is 14.5. The first-order valence-corrected chi connectivity index (χ1v) is 10.00. The van der Waals surface area contributed by atoms with Crippen LogP contribution in [0.4, 0.5) is 8.78 Å². The number of hydrogen-bond acceptors (Lipinski definition) is 7. The van der Waals surface area contributed by atoms with Crippen molar-refractivity contribution in [3.05, 3.63) is 29.3 Å². The van der Waals surface area contributed by atoms with Crippen LogP contribution < -0.4 is 4.74 Å². The minimum atomic E-state index is -1.07. The minimum absolute atomic E-state index is 0. The Bertz CT molecular complexity index is 746. The molecule has 0 spiro atoms. The van der Waals surface area contributed by atoms with Gasteiger partial charge in [-0.25, -0.2) is 9.18 Å². The topological polar surface area (TPSA) is 63.6 Å². The molecular formula is C21H32ClF2N3O4. The number of carbonyl (C=O) groups excluding carboxylic acids is 1. The van der Waals surface area contributed by atoms with Crippen LogP contribution in [0.1, 0.15) is 31.2 Å². The van der Waals surface area contributed by atoms with Gasteiger partial charge in [0.2, 0.25) is 5.82 Å². The summed E-state index contributed by atoms with van der Waals surface area (Å²) in [4.78, 5) is 14.2. The largest absolute Gasteiger partial charge is 0.489 e. The fraction of sp³-hybridized carbons (Fsp3) is 0.619. The van der Waals surface area contributed by atoms with Crippen LogP contribution in [0.15, 0.2) is 17.2 Å². The summed E-state index contributed by atoms with van der Waals surface area (Å²) in [6.45, 7) is 2.06. The number of methoxy groups -OCH3 is 2. The highest BCUT2D eigenvalue weighted by molar-refractivity contribution is 5.85. The summed E-state index contributed by atoms with van der Waals surface area (Å²) < 4.78 is 44.2. The molecule has 1 aromatic rings. The minimum Gasteiger partial charge on any atom is -0.489 e. The van der Waals surface area contributed by atoms with Gasteiger partial charge in [0.25, 0.3) is 0 Å². The third-order valence-corrected chi connectivity index (χ3v) is 5.47. The molecule has 0 unspecified atom stereocenters. The monoisotopic (exact) mass is 463 g/mol. The van der Waals surface area contributed by atoms with Crippen molar-refractivity contribution >= 4 is 24.6 Å². The zero-order chi connectivity index (χ0) is 22.1. The van der Waals surface area contributed by atoms with E-state index in [9.17, 15) is 13.6 Å². The van der Waals surface area contributed by atoms with Gasteiger partial charge in [-0.3, -0.25) is 5.01 Å². The Balaban J connectivity index is 0.00000480. The SMILES string of the molecule is COCCN(C)CCOc1ccc(/C=N\N(C)C2(C(=O)OC)CCCC2)c(F)c1F.Cl. The summed E-state index contributed by atoms with van der Waals surface area (Å²) in [5, 5.41) is 5.69. The van der Waals surface area contributed by atoms with Crippen molar-refractivity contribution in [3.63, 3.8) is 0 Å². The normalized spacial score (nSPS) is 15.2. The lowest BCUT2D eigenvalue weighted by atomic mass is 9.97. The van der Waals surface area contributed by atoms with Crippen molar-refractivity contribution in [3.8, 4) is 5.75 Å². The van der Waals surface area contributed by atoms with Gasteiger partial charge >= 0.3 is 5.97 Å². The molecule has 10 heteroatoms. The molecule has 0 atom stereocenters. The summed E-state index contributed by atoms with van der Waals surface area (Å²) in [6.07, 6.45) is 4.19. The van der Waals surface area contributed by atoms with Crippen LogP contribution in [0, 0.1) is 11.6 Å². The molecule has 7 nitrogen and oxygen atoms in total. The third-order valence-electron chi connectivity index (χ3n) is 5.47. The lowest BCUT2D eigenvalue weighted by Crippen LogP contribution is -2.49. The summed E-state index contributed by atoms with van der Waals surface area (Å²) in [7, 11) is 6.49. The molecule has 1 aliphatic rings. The van der Waals surface area contributed by atoms with E-state index in [1.807, 2.05) is 11.9 Å². The highest BCUT2D eigenvalue weighted by Gasteiger charge is 2.46. The molecule has 0 aromatic heterocycles. The number of nitrogens with zero attached hydrogens (tertiary/aromatic N) is 3. The fourth-order valence-electron chi connectivity index (χ4n) is 3.50. The van der Waals surface area contributed by atoms with E-state index >= 15 is 0 Å². The van der Waals surface area contributed by atoms with Crippen LogP contribution in [-0.4, -0.2) is 82.2 Å². The van der Waals surface area contributed by atoms with Gasteiger partial charge in [-0.15, -0.1) is 12.4 Å². The maximum Gasteiger partial charge on any atom is 0.333 e. The lowest BCUT2D eigenvalue weighted by molar-refractivity contribution is -0.154. The number of ether oxygens (including phenoxy) is 3. The Morgan fingerprint density at radius 3 is 2.39 bits per heavy atom. The number of benzene rings is 1. The van der Waals surface area contributed by atoms with E-state index in [1.54, 1.807) is 14.2 Å². The van der Waals surface area contributed by atoms with E-state index in [0.717, 1.165) is 12.8 Å². The number of hydrogen-bond donors (Lipinski definition) is 0. The average molecular weight is 464 g/mol. The van der Waals surface area contributed by atoms with E-state index in [2.05, 4.69) is 5.10 Å². The number of halogens is 3. The third kappa shape index (κ3) is 6.75. The van der Waals surface area contributed by atoms with Crippen LogP contribution in [0.2, 0.25) is 0 Å². The van der Waals surface area contributed by atoms with Gasteiger partial charge in [0.15, 0.2) is 17.1 Å². The number of hydrazone groups is 1. The Morgan fingerprint density at radius 2 is 1.77 bits per heavy atom. The van der Waals surface area contributed by atoms with Crippen LogP contribution >= 0.6 is 12.4 Å². The van der Waals surface area contributed by atoms with Gasteiger partial charge in [-0.1, -0.05) is 12.8 Å². The van der Waals surface area contributed by atoms with E-state index in [4.69, 9.17) is 14.2 Å². The highest BCUT2D eigenvalue weighted by Crippen LogP contribution is 2.36. The van der Waals surface area contributed by atoms with Crippen molar-refractivity contribution < 1.29 is 27.8 Å². The molecule has 0 N–H and O–H groups in total. The first-order valence-electron chi connectivity index (χ1n) is 10.00. The number of carbonyl (C=O) groups is 1. The molecule has 0 amide bonds. The molecule has 176 valence electrons. The fourth-order valence-corrected chi connectivity index (χ4v) is 3.50. The predicted octanol–water partition coefficient (Wildman–Crippen LogP) is 3.10. The summed E-state index contributed by atoms with van der Waals surface area (Å²) >= 11 is 0. The second-order valence-electron chi connectivity index (χ2n) is 7.42. The Hall–Kier alpha value is -1.97. The van der Waals surface area contributed by atoms with Crippen LogP contribution in [0.5, 0.6) is 5.75 Å². The van der Waals surface area contributed by atoms with Crippen LogP contribution in [0.25, 0.3) is 0 Å². The Labute approximate surface area is 188 Å². The average Bonchev–Trinajstić information content (AvgIpc) is 3.25. The zero-order valence-electron chi connectivity index (χ0n) is 18.5. The molecule has 1 fully saturated rings. The molecule has 2 rings (SSSR count). The molecular weight excluding hydrogens is 432 g/mol. The van der Waals surface area contributed by atoms with E-state index in [0.29, 0.717) is 32.5 Å². The van der Waals surface area contributed by atoms with E-state index in [-0.39, 0.29) is 36.3 Å². The molecule has 0 radical (unpaired) electrons. The van der Waals surface area contributed by atoms with Crippen molar-refractivity contribution in [1.82, 2.24) is 9.91 Å². The molecule has 1 aromatic carbocycles. The number of rotatable bonds is 11. The first kappa shape index (κ1) is 27.1. The highest BCUT2D eigenvalue weighted by atomic mass is 35.5. The van der Waals surface area contributed by atoms with Crippen molar-refractivity contribution in [2.24, 2.45) is 5.10 Å². The predicted molar refractivity (Wildman–Crippen MR) is 117 cm³/mol. The first-order chi connectivity index (χ1) is 14.4. The van der Waals surface area contributed by atoms with Gasteiger partial charge in [0, 0.05) is 32.8 Å². The van der Waals surface area contributed by atoms with Gasteiger partial charge < -0.3 is 19.1 Å². The summed E-state index contributed by atoms with van der Waals surface area (Å²) in [6, 6.07) is 2.78.